The van der Waals surface area contributed by atoms with Gasteiger partial charge in [0.15, 0.2) is 0 Å². The van der Waals surface area contributed by atoms with E-state index in [1.165, 1.54) is 11.1 Å². The molecular weight excluding hydrogens is 200 g/mol. The van der Waals surface area contributed by atoms with Gasteiger partial charge in [0.2, 0.25) is 5.88 Å². The molecule has 0 aromatic carbocycles. The molecule has 1 aromatic rings. The van der Waals surface area contributed by atoms with Crippen LogP contribution in [-0.4, -0.2) is 18.6 Å². The quantitative estimate of drug-likeness (QED) is 0.786. The van der Waals surface area contributed by atoms with Gasteiger partial charge in [0.05, 0.1) is 12.8 Å². The summed E-state index contributed by atoms with van der Waals surface area (Å²) < 4.78 is 5.28. The SMILES string of the molecule is COc1cc2c(c(C(C)(C)C)n1)CNCC2. The molecule has 1 N–H and O–H groups in total. The predicted molar refractivity (Wildman–Crippen MR) is 64.9 cm³/mol. The van der Waals surface area contributed by atoms with Crippen molar-refractivity contribution in [3.63, 3.8) is 0 Å². The van der Waals surface area contributed by atoms with Crippen molar-refractivity contribution >= 4 is 0 Å². The van der Waals surface area contributed by atoms with Crippen LogP contribution in [0.2, 0.25) is 0 Å². The highest BCUT2D eigenvalue weighted by atomic mass is 16.5. The van der Waals surface area contributed by atoms with E-state index >= 15 is 0 Å². The third-order valence-electron chi connectivity index (χ3n) is 2.99. The summed E-state index contributed by atoms with van der Waals surface area (Å²) in [5.41, 5.74) is 3.97. The monoisotopic (exact) mass is 220 g/mol. The van der Waals surface area contributed by atoms with E-state index in [4.69, 9.17) is 4.74 Å². The molecular formula is C13H20N2O. The van der Waals surface area contributed by atoms with Gasteiger partial charge in [-0.25, -0.2) is 4.98 Å². The van der Waals surface area contributed by atoms with Crippen LogP contribution in [0.25, 0.3) is 0 Å². The maximum absolute atomic E-state index is 5.28. The van der Waals surface area contributed by atoms with Crippen LogP contribution < -0.4 is 10.1 Å². The summed E-state index contributed by atoms with van der Waals surface area (Å²) >= 11 is 0. The second-order valence-corrected chi connectivity index (χ2v) is 5.33. The zero-order valence-electron chi connectivity index (χ0n) is 10.6. The summed E-state index contributed by atoms with van der Waals surface area (Å²) in [5.74, 6) is 0.741. The molecule has 0 saturated carbocycles. The van der Waals surface area contributed by atoms with E-state index in [0.29, 0.717) is 0 Å². The van der Waals surface area contributed by atoms with Crippen LogP contribution in [0.3, 0.4) is 0 Å². The highest BCUT2D eigenvalue weighted by Gasteiger charge is 2.24. The summed E-state index contributed by atoms with van der Waals surface area (Å²) in [6.07, 6.45) is 1.07. The van der Waals surface area contributed by atoms with Crippen LogP contribution in [0.4, 0.5) is 0 Å². The Labute approximate surface area is 97.2 Å². The van der Waals surface area contributed by atoms with Crippen LogP contribution >= 0.6 is 0 Å². The minimum atomic E-state index is 0.0671. The molecule has 0 bridgehead atoms. The second kappa shape index (κ2) is 4.06. The Kier molecular flexibility index (Phi) is 2.89. The van der Waals surface area contributed by atoms with Crippen molar-refractivity contribution < 1.29 is 4.74 Å². The number of nitrogens with zero attached hydrogens (tertiary/aromatic N) is 1. The molecule has 0 saturated heterocycles. The molecule has 3 heteroatoms. The van der Waals surface area contributed by atoms with Crippen molar-refractivity contribution in [2.24, 2.45) is 0 Å². The number of pyridine rings is 1. The Balaban J connectivity index is 2.56. The molecule has 0 fully saturated rings. The smallest absolute Gasteiger partial charge is 0.213 e. The first-order valence-corrected chi connectivity index (χ1v) is 5.80. The summed E-state index contributed by atoms with van der Waals surface area (Å²) in [6, 6.07) is 2.07. The molecule has 88 valence electrons. The van der Waals surface area contributed by atoms with Crippen molar-refractivity contribution in [1.29, 1.82) is 0 Å². The van der Waals surface area contributed by atoms with Crippen molar-refractivity contribution in [2.45, 2.75) is 39.2 Å². The second-order valence-electron chi connectivity index (χ2n) is 5.33. The van der Waals surface area contributed by atoms with Gasteiger partial charge in [-0.1, -0.05) is 20.8 Å². The van der Waals surface area contributed by atoms with Gasteiger partial charge in [-0.2, -0.15) is 0 Å². The lowest BCUT2D eigenvalue weighted by Gasteiger charge is -2.27. The lowest BCUT2D eigenvalue weighted by atomic mass is 9.85. The van der Waals surface area contributed by atoms with Crippen molar-refractivity contribution in [3.8, 4) is 5.88 Å². The number of hydrogen-bond acceptors (Lipinski definition) is 3. The fourth-order valence-corrected chi connectivity index (χ4v) is 2.18. The molecule has 3 nitrogen and oxygen atoms in total. The molecule has 0 radical (unpaired) electrons. The zero-order valence-corrected chi connectivity index (χ0v) is 10.6. The first kappa shape index (κ1) is 11.4. The fraction of sp³-hybridized carbons (Fsp3) is 0.615. The minimum Gasteiger partial charge on any atom is -0.481 e. The van der Waals surface area contributed by atoms with Gasteiger partial charge in [-0.15, -0.1) is 0 Å². The van der Waals surface area contributed by atoms with Crippen LogP contribution in [0.1, 0.15) is 37.6 Å². The van der Waals surface area contributed by atoms with Gasteiger partial charge in [-0.05, 0) is 24.1 Å². The molecule has 0 aliphatic carbocycles. The van der Waals surface area contributed by atoms with Crippen LogP contribution in [0, 0.1) is 0 Å². The van der Waals surface area contributed by atoms with Crippen LogP contribution in [0.15, 0.2) is 6.07 Å². The Bertz CT molecular complexity index is 394. The first-order chi connectivity index (χ1) is 7.52. The number of rotatable bonds is 1. The molecule has 1 aromatic heterocycles. The van der Waals surface area contributed by atoms with E-state index in [1.807, 2.05) is 0 Å². The van der Waals surface area contributed by atoms with Gasteiger partial charge in [0.25, 0.3) is 0 Å². The lowest BCUT2D eigenvalue weighted by molar-refractivity contribution is 0.388. The molecule has 16 heavy (non-hydrogen) atoms. The van der Waals surface area contributed by atoms with E-state index in [0.717, 1.165) is 31.1 Å². The Morgan fingerprint density at radius 3 is 2.75 bits per heavy atom. The Morgan fingerprint density at radius 1 is 1.38 bits per heavy atom. The number of hydrogen-bond donors (Lipinski definition) is 1. The standard InChI is InChI=1S/C13H20N2O/c1-13(2,3)12-10-8-14-6-5-9(10)7-11(15-12)16-4/h7,14H,5-6,8H2,1-4H3. The van der Waals surface area contributed by atoms with Crippen molar-refractivity contribution in [3.05, 3.63) is 22.9 Å². The Morgan fingerprint density at radius 2 is 2.12 bits per heavy atom. The molecule has 1 aliphatic heterocycles. The van der Waals surface area contributed by atoms with Gasteiger partial charge in [-0.3, -0.25) is 0 Å². The number of aromatic nitrogens is 1. The highest BCUT2D eigenvalue weighted by molar-refractivity contribution is 5.39. The third kappa shape index (κ3) is 2.05. The van der Waals surface area contributed by atoms with Gasteiger partial charge < -0.3 is 10.1 Å². The van der Waals surface area contributed by atoms with E-state index in [9.17, 15) is 0 Å². The lowest BCUT2D eigenvalue weighted by Crippen LogP contribution is -2.28. The molecule has 2 heterocycles. The maximum Gasteiger partial charge on any atom is 0.213 e. The minimum absolute atomic E-state index is 0.0671. The topological polar surface area (TPSA) is 34.1 Å². The predicted octanol–water partition coefficient (Wildman–Crippen LogP) is 2.03. The average Bonchev–Trinajstić information content (AvgIpc) is 2.26. The largest absolute Gasteiger partial charge is 0.481 e. The zero-order chi connectivity index (χ0) is 11.8. The van der Waals surface area contributed by atoms with E-state index in [2.05, 4.69) is 37.1 Å². The molecule has 0 amide bonds. The molecule has 1 aliphatic rings. The molecule has 2 rings (SSSR count). The summed E-state index contributed by atoms with van der Waals surface area (Å²) in [4.78, 5) is 4.61. The van der Waals surface area contributed by atoms with Crippen LogP contribution in [0.5, 0.6) is 5.88 Å². The van der Waals surface area contributed by atoms with E-state index in [-0.39, 0.29) is 5.41 Å². The molecule has 0 unspecified atom stereocenters. The number of fused-ring (bicyclic) bond motifs is 1. The van der Waals surface area contributed by atoms with Crippen molar-refractivity contribution in [1.82, 2.24) is 10.3 Å². The normalized spacial score (nSPS) is 15.8. The number of nitrogens with one attached hydrogen (secondary N) is 1. The average molecular weight is 220 g/mol. The molecule has 0 spiro atoms. The summed E-state index contributed by atoms with van der Waals surface area (Å²) in [6.45, 7) is 8.57. The Hall–Kier alpha value is -1.09. The van der Waals surface area contributed by atoms with Crippen molar-refractivity contribution in [2.75, 3.05) is 13.7 Å². The number of ether oxygens (including phenoxy) is 1. The maximum atomic E-state index is 5.28. The van der Waals surface area contributed by atoms with E-state index < -0.39 is 0 Å². The molecule has 0 atom stereocenters. The van der Waals surface area contributed by atoms with E-state index in [1.54, 1.807) is 7.11 Å². The summed E-state index contributed by atoms with van der Waals surface area (Å²) in [7, 11) is 1.68. The fourth-order valence-electron chi connectivity index (χ4n) is 2.18. The van der Waals surface area contributed by atoms with Crippen LogP contribution in [-0.2, 0) is 18.4 Å². The van der Waals surface area contributed by atoms with Gasteiger partial charge in [0.1, 0.15) is 0 Å². The summed E-state index contributed by atoms with van der Waals surface area (Å²) in [5, 5.41) is 3.41. The van der Waals surface area contributed by atoms with Gasteiger partial charge in [0, 0.05) is 18.0 Å². The number of methoxy groups -OCH3 is 1. The third-order valence-corrected chi connectivity index (χ3v) is 2.99. The van der Waals surface area contributed by atoms with Gasteiger partial charge >= 0.3 is 0 Å². The first-order valence-electron chi connectivity index (χ1n) is 5.80. The highest BCUT2D eigenvalue weighted by Crippen LogP contribution is 2.30.